The number of aromatic nitrogens is 6. The smallest absolute Gasteiger partial charge is 0.222 e. The molecular formula is C26H27N7O2. The van der Waals surface area contributed by atoms with Crippen LogP contribution in [0.15, 0.2) is 22.7 Å². The third-order valence-electron chi connectivity index (χ3n) is 7.23. The first-order chi connectivity index (χ1) is 17.0. The maximum Gasteiger partial charge on any atom is 0.222 e. The van der Waals surface area contributed by atoms with Crippen molar-refractivity contribution in [1.29, 1.82) is 0 Å². The predicted octanol–water partition coefficient (Wildman–Crippen LogP) is 4.97. The van der Waals surface area contributed by atoms with Crippen LogP contribution in [0.2, 0.25) is 0 Å². The number of methoxy groups -OCH3 is 1. The molecule has 0 atom stereocenters. The highest BCUT2D eigenvalue weighted by atomic mass is 16.5. The van der Waals surface area contributed by atoms with Gasteiger partial charge < -0.3 is 20.0 Å². The first-order valence-corrected chi connectivity index (χ1v) is 12.2. The van der Waals surface area contributed by atoms with E-state index in [1.54, 1.807) is 7.11 Å². The van der Waals surface area contributed by atoms with Gasteiger partial charge in [-0.15, -0.1) is 0 Å². The molecular weight excluding hydrogens is 442 g/mol. The number of ether oxygens (including phenoxy) is 1. The monoisotopic (exact) mass is 469 g/mol. The zero-order valence-corrected chi connectivity index (χ0v) is 20.1. The van der Waals surface area contributed by atoms with Crippen LogP contribution in [0.25, 0.3) is 33.1 Å². The largest absolute Gasteiger partial charge is 0.496 e. The predicted molar refractivity (Wildman–Crippen MR) is 133 cm³/mol. The molecule has 178 valence electrons. The third kappa shape index (κ3) is 3.29. The molecule has 4 aromatic heterocycles. The lowest BCUT2D eigenvalue weighted by Crippen LogP contribution is -2.06. The molecule has 2 saturated carbocycles. The SMILES string of the molecule is COc1cc2c(cc1-c1c(C)noc1C)[nH]c1nc(N)nc(Cc3cc(C4CC4)nn3C3CC3)c12. The standard InChI is InChI=1S/C26H27N7O2/c1-12-23(13(2)35-32-12)18-10-20-17(11-22(18)34-3)24-21(29-26(27)30-25(24)28-20)9-16-8-19(14-4-5-14)31-33(16)15-6-7-15/h8,10-11,14-15H,4-7,9H2,1-3H3,(H3,27,28,29,30). The summed E-state index contributed by atoms with van der Waals surface area (Å²) in [6.45, 7) is 3.84. The van der Waals surface area contributed by atoms with E-state index in [1.807, 2.05) is 19.9 Å². The molecule has 0 aliphatic heterocycles. The van der Waals surface area contributed by atoms with Gasteiger partial charge in [0.1, 0.15) is 17.2 Å². The highest BCUT2D eigenvalue weighted by Crippen LogP contribution is 2.43. The second kappa shape index (κ2) is 7.31. The van der Waals surface area contributed by atoms with Crippen LogP contribution in [0.3, 0.4) is 0 Å². The quantitative estimate of drug-likeness (QED) is 0.360. The van der Waals surface area contributed by atoms with Gasteiger partial charge in [-0.05, 0) is 57.7 Å². The Balaban J connectivity index is 1.41. The second-order valence-corrected chi connectivity index (χ2v) is 9.86. The van der Waals surface area contributed by atoms with E-state index in [2.05, 4.69) is 31.9 Å². The molecule has 0 radical (unpaired) electrons. The maximum absolute atomic E-state index is 6.17. The number of benzene rings is 1. The van der Waals surface area contributed by atoms with Gasteiger partial charge in [-0.1, -0.05) is 5.16 Å². The van der Waals surface area contributed by atoms with Crippen molar-refractivity contribution in [2.24, 2.45) is 0 Å². The van der Waals surface area contributed by atoms with Crippen molar-refractivity contribution in [1.82, 2.24) is 29.9 Å². The van der Waals surface area contributed by atoms with Crippen molar-refractivity contribution in [3.05, 3.63) is 46.7 Å². The number of fused-ring (bicyclic) bond motifs is 3. The lowest BCUT2D eigenvalue weighted by molar-refractivity contribution is 0.393. The highest BCUT2D eigenvalue weighted by molar-refractivity contribution is 6.09. The van der Waals surface area contributed by atoms with Crippen LogP contribution in [0, 0.1) is 13.8 Å². The molecule has 0 saturated heterocycles. The van der Waals surface area contributed by atoms with Crippen LogP contribution in [-0.4, -0.2) is 37.0 Å². The van der Waals surface area contributed by atoms with Crippen molar-refractivity contribution in [3.63, 3.8) is 0 Å². The van der Waals surface area contributed by atoms with E-state index in [0.717, 1.165) is 56.0 Å². The summed E-state index contributed by atoms with van der Waals surface area (Å²) in [5.74, 6) is 2.37. The van der Waals surface area contributed by atoms with Gasteiger partial charge in [0.25, 0.3) is 0 Å². The molecule has 7 rings (SSSR count). The van der Waals surface area contributed by atoms with Crippen molar-refractivity contribution in [2.45, 2.75) is 57.9 Å². The minimum Gasteiger partial charge on any atom is -0.496 e. The number of aromatic amines is 1. The average Bonchev–Trinajstić information content (AvgIpc) is 3.76. The molecule has 4 heterocycles. The van der Waals surface area contributed by atoms with Crippen LogP contribution < -0.4 is 10.5 Å². The van der Waals surface area contributed by atoms with Gasteiger partial charge in [-0.25, -0.2) is 4.98 Å². The van der Waals surface area contributed by atoms with Gasteiger partial charge in [0, 0.05) is 39.9 Å². The summed E-state index contributed by atoms with van der Waals surface area (Å²) in [5, 5.41) is 11.1. The third-order valence-corrected chi connectivity index (χ3v) is 7.23. The Bertz CT molecular complexity index is 1600. The van der Waals surface area contributed by atoms with Crippen molar-refractivity contribution >= 4 is 27.9 Å². The molecule has 35 heavy (non-hydrogen) atoms. The minimum absolute atomic E-state index is 0.261. The number of H-pyrrole nitrogens is 1. The van der Waals surface area contributed by atoms with Crippen LogP contribution in [-0.2, 0) is 6.42 Å². The fourth-order valence-electron chi connectivity index (χ4n) is 5.25. The molecule has 0 unspecified atom stereocenters. The summed E-state index contributed by atoms with van der Waals surface area (Å²) >= 11 is 0. The van der Waals surface area contributed by atoms with E-state index in [0.29, 0.717) is 18.4 Å². The van der Waals surface area contributed by atoms with Crippen molar-refractivity contribution in [3.8, 4) is 16.9 Å². The summed E-state index contributed by atoms with van der Waals surface area (Å²) in [7, 11) is 1.68. The Morgan fingerprint density at radius 1 is 1.14 bits per heavy atom. The number of nitrogen functional groups attached to an aromatic ring is 1. The molecule has 5 aromatic rings. The summed E-state index contributed by atoms with van der Waals surface area (Å²) < 4.78 is 13.5. The number of hydrogen-bond acceptors (Lipinski definition) is 7. The number of nitrogens with zero attached hydrogens (tertiary/aromatic N) is 5. The van der Waals surface area contributed by atoms with Gasteiger partial charge in [0.2, 0.25) is 5.95 Å². The molecule has 2 aliphatic carbocycles. The molecule has 3 N–H and O–H groups in total. The van der Waals surface area contributed by atoms with E-state index in [1.165, 1.54) is 37.1 Å². The first kappa shape index (κ1) is 20.5. The maximum atomic E-state index is 6.17. The zero-order valence-electron chi connectivity index (χ0n) is 20.1. The molecule has 9 heteroatoms. The van der Waals surface area contributed by atoms with Gasteiger partial charge in [0.05, 0.1) is 35.8 Å². The molecule has 2 fully saturated rings. The number of aryl methyl sites for hydroxylation is 2. The topological polar surface area (TPSA) is 121 Å². The number of hydrogen-bond donors (Lipinski definition) is 2. The van der Waals surface area contributed by atoms with Crippen LogP contribution in [0.5, 0.6) is 5.75 Å². The lowest BCUT2D eigenvalue weighted by Gasteiger charge is -2.10. The van der Waals surface area contributed by atoms with Crippen molar-refractivity contribution in [2.75, 3.05) is 12.8 Å². The molecule has 0 bridgehead atoms. The zero-order chi connectivity index (χ0) is 23.8. The first-order valence-electron chi connectivity index (χ1n) is 12.2. The van der Waals surface area contributed by atoms with E-state index < -0.39 is 0 Å². The highest BCUT2D eigenvalue weighted by Gasteiger charge is 2.32. The fourth-order valence-corrected chi connectivity index (χ4v) is 5.25. The van der Waals surface area contributed by atoms with E-state index in [4.69, 9.17) is 25.1 Å². The second-order valence-electron chi connectivity index (χ2n) is 9.86. The summed E-state index contributed by atoms with van der Waals surface area (Å²) in [4.78, 5) is 12.7. The molecule has 1 aromatic carbocycles. The Morgan fingerprint density at radius 2 is 1.97 bits per heavy atom. The summed E-state index contributed by atoms with van der Waals surface area (Å²) in [5.41, 5.74) is 13.8. The van der Waals surface area contributed by atoms with Crippen LogP contribution in [0.1, 0.15) is 66.2 Å². The molecule has 0 amide bonds. The number of nitrogens with one attached hydrogen (secondary N) is 1. The summed E-state index contributed by atoms with van der Waals surface area (Å²) in [6, 6.07) is 6.90. The van der Waals surface area contributed by atoms with Crippen LogP contribution in [0.4, 0.5) is 5.95 Å². The number of rotatable bonds is 6. The minimum atomic E-state index is 0.261. The van der Waals surface area contributed by atoms with E-state index in [-0.39, 0.29) is 5.95 Å². The van der Waals surface area contributed by atoms with Gasteiger partial charge in [-0.2, -0.15) is 10.1 Å². The Morgan fingerprint density at radius 3 is 2.66 bits per heavy atom. The van der Waals surface area contributed by atoms with Gasteiger partial charge in [-0.3, -0.25) is 4.68 Å². The van der Waals surface area contributed by atoms with Crippen LogP contribution >= 0.6 is 0 Å². The van der Waals surface area contributed by atoms with Gasteiger partial charge >= 0.3 is 0 Å². The molecule has 9 nitrogen and oxygen atoms in total. The average molecular weight is 470 g/mol. The van der Waals surface area contributed by atoms with Crippen molar-refractivity contribution < 1.29 is 9.26 Å². The van der Waals surface area contributed by atoms with E-state index in [9.17, 15) is 0 Å². The molecule has 2 aliphatic rings. The Hall–Kier alpha value is -3.88. The van der Waals surface area contributed by atoms with Gasteiger partial charge in [0.15, 0.2) is 0 Å². The van der Waals surface area contributed by atoms with E-state index >= 15 is 0 Å². The number of nitrogens with two attached hydrogens (primary N) is 1. The summed E-state index contributed by atoms with van der Waals surface area (Å²) in [6.07, 6.45) is 5.51. The normalized spacial score (nSPS) is 16.0. The molecule has 0 spiro atoms. The fraction of sp³-hybridized carbons (Fsp3) is 0.385. The number of anilines is 1. The lowest BCUT2D eigenvalue weighted by atomic mass is 10.00. The Labute approximate surface area is 201 Å². The Kier molecular flexibility index (Phi) is 4.28.